The lowest BCUT2D eigenvalue weighted by atomic mass is 9.96. The molecule has 3 atom stereocenters. The zero-order valence-electron chi connectivity index (χ0n) is 22.3. The van der Waals surface area contributed by atoms with Crippen LogP contribution in [-0.2, 0) is 17.8 Å². The van der Waals surface area contributed by atoms with E-state index in [2.05, 4.69) is 39.3 Å². The zero-order valence-corrected chi connectivity index (χ0v) is 23.9. The van der Waals surface area contributed by atoms with Gasteiger partial charge in [-0.2, -0.15) is 13.2 Å². The third-order valence-corrected chi connectivity index (χ3v) is 8.97. The standard InChI is InChI=1S/C27H30ClF3N6O2S/c1-14-6-17(28)7-19(20(14)12-36-15(2)10-32-11-16(36)3)24-25-21(34-13-35-24)8-18(40-25)9-22(27(29,30)31)37-23(38)4-5-33-26(37)39/h6-8,13,15-16,22,32H,4-5,9-12H2,1-3H3,(H,33,39)/t15-,16-,22?/m0/s1. The lowest BCUT2D eigenvalue weighted by Crippen LogP contribution is -2.59. The number of halogens is 4. The number of piperazine rings is 1. The van der Waals surface area contributed by atoms with E-state index >= 15 is 0 Å². The maximum absolute atomic E-state index is 14.1. The number of aromatic nitrogens is 2. The molecule has 2 saturated heterocycles. The van der Waals surface area contributed by atoms with Crippen LogP contribution in [0.1, 0.15) is 36.3 Å². The molecule has 3 amide bonds. The fraction of sp³-hybridized carbons (Fsp3) is 0.481. The highest BCUT2D eigenvalue weighted by atomic mass is 35.5. The van der Waals surface area contributed by atoms with Crippen molar-refractivity contribution in [2.75, 3.05) is 19.6 Å². The quantitative estimate of drug-likeness (QED) is 0.421. The van der Waals surface area contributed by atoms with Gasteiger partial charge in [-0.05, 0) is 50.1 Å². The molecule has 3 aromatic rings. The molecule has 2 N–H and O–H groups in total. The van der Waals surface area contributed by atoms with Gasteiger partial charge in [0.25, 0.3) is 0 Å². The van der Waals surface area contributed by atoms with Crippen molar-refractivity contribution in [3.05, 3.63) is 45.6 Å². The van der Waals surface area contributed by atoms with Gasteiger partial charge in [-0.25, -0.2) is 14.8 Å². The predicted octanol–water partition coefficient (Wildman–Crippen LogP) is 4.92. The van der Waals surface area contributed by atoms with Crippen molar-refractivity contribution in [3.63, 3.8) is 0 Å². The van der Waals surface area contributed by atoms with Crippen molar-refractivity contribution < 1.29 is 22.8 Å². The minimum absolute atomic E-state index is 0.0213. The van der Waals surface area contributed by atoms with Gasteiger partial charge in [0.05, 0.1) is 15.9 Å². The summed E-state index contributed by atoms with van der Waals surface area (Å²) < 4.78 is 43.1. The molecule has 13 heteroatoms. The SMILES string of the molecule is Cc1cc(Cl)cc(-c2ncnc3cc(CC(N4C(=O)CCNC4=O)C(F)(F)F)sc23)c1CN1[C@@H](C)CNC[C@@H]1C. The number of nitrogens with zero attached hydrogens (tertiary/aromatic N) is 4. The van der Waals surface area contributed by atoms with Gasteiger partial charge in [0.1, 0.15) is 12.4 Å². The third kappa shape index (κ3) is 5.67. The fourth-order valence-corrected chi connectivity index (χ4v) is 6.93. The van der Waals surface area contributed by atoms with Gasteiger partial charge in [0, 0.05) is 66.6 Å². The van der Waals surface area contributed by atoms with Gasteiger partial charge in [0.2, 0.25) is 5.91 Å². The first kappa shape index (κ1) is 28.7. The first-order chi connectivity index (χ1) is 18.9. The molecule has 0 saturated carbocycles. The molecule has 40 heavy (non-hydrogen) atoms. The number of alkyl halides is 3. The fourth-order valence-electron chi connectivity index (χ4n) is 5.51. The Balaban J connectivity index is 1.55. The summed E-state index contributed by atoms with van der Waals surface area (Å²) in [6, 6.07) is 2.62. The Labute approximate surface area is 238 Å². The molecular weight excluding hydrogens is 565 g/mol. The molecular formula is C27H30ClF3N6O2S. The van der Waals surface area contributed by atoms with Crippen LogP contribution >= 0.6 is 22.9 Å². The van der Waals surface area contributed by atoms with Crippen LogP contribution in [0.2, 0.25) is 5.02 Å². The minimum Gasteiger partial charge on any atom is -0.337 e. The lowest BCUT2D eigenvalue weighted by Gasteiger charge is -2.40. The summed E-state index contributed by atoms with van der Waals surface area (Å²) in [7, 11) is 0. The van der Waals surface area contributed by atoms with E-state index in [9.17, 15) is 22.8 Å². The molecule has 214 valence electrons. The van der Waals surface area contributed by atoms with Crippen molar-refractivity contribution in [1.82, 2.24) is 30.4 Å². The topological polar surface area (TPSA) is 90.5 Å². The molecule has 0 radical (unpaired) electrons. The maximum Gasteiger partial charge on any atom is 0.409 e. The van der Waals surface area contributed by atoms with Crippen molar-refractivity contribution in [2.45, 2.75) is 64.5 Å². The second-order valence-electron chi connectivity index (χ2n) is 10.4. The van der Waals surface area contributed by atoms with E-state index < -0.39 is 30.6 Å². The second kappa shape index (κ2) is 11.2. The molecule has 1 unspecified atom stereocenters. The second-order valence-corrected chi connectivity index (χ2v) is 12.0. The molecule has 2 aliphatic heterocycles. The maximum atomic E-state index is 14.1. The van der Waals surface area contributed by atoms with Gasteiger partial charge in [0.15, 0.2) is 0 Å². The minimum atomic E-state index is -4.80. The van der Waals surface area contributed by atoms with Crippen LogP contribution in [-0.4, -0.2) is 75.6 Å². The monoisotopic (exact) mass is 594 g/mol. The highest BCUT2D eigenvalue weighted by Crippen LogP contribution is 2.39. The van der Waals surface area contributed by atoms with Crippen LogP contribution in [0.3, 0.4) is 0 Å². The first-order valence-corrected chi connectivity index (χ1v) is 14.3. The summed E-state index contributed by atoms with van der Waals surface area (Å²) in [6.45, 7) is 8.77. The molecule has 1 aromatic carbocycles. The number of carbonyl (C=O) groups excluding carboxylic acids is 2. The zero-order chi connectivity index (χ0) is 28.8. The largest absolute Gasteiger partial charge is 0.409 e. The number of aryl methyl sites for hydroxylation is 1. The molecule has 2 aliphatic rings. The number of benzene rings is 1. The Bertz CT molecular complexity index is 1420. The van der Waals surface area contributed by atoms with E-state index in [1.807, 2.05) is 19.1 Å². The highest BCUT2D eigenvalue weighted by molar-refractivity contribution is 7.19. The summed E-state index contributed by atoms with van der Waals surface area (Å²) in [4.78, 5) is 36.5. The summed E-state index contributed by atoms with van der Waals surface area (Å²) in [5.74, 6) is -0.844. The van der Waals surface area contributed by atoms with E-state index in [1.54, 1.807) is 6.07 Å². The smallest absolute Gasteiger partial charge is 0.337 e. The number of hydrogen-bond acceptors (Lipinski definition) is 7. The molecule has 2 fully saturated rings. The molecule has 8 nitrogen and oxygen atoms in total. The van der Waals surface area contributed by atoms with Crippen LogP contribution in [0.5, 0.6) is 0 Å². The number of carbonyl (C=O) groups is 2. The first-order valence-electron chi connectivity index (χ1n) is 13.1. The van der Waals surface area contributed by atoms with Crippen LogP contribution in [0, 0.1) is 6.92 Å². The van der Waals surface area contributed by atoms with Gasteiger partial charge in [-0.15, -0.1) is 11.3 Å². The van der Waals surface area contributed by atoms with Crippen molar-refractivity contribution in [2.24, 2.45) is 0 Å². The van der Waals surface area contributed by atoms with E-state index in [1.165, 1.54) is 6.33 Å². The van der Waals surface area contributed by atoms with E-state index in [0.29, 0.717) is 49.3 Å². The summed E-state index contributed by atoms with van der Waals surface area (Å²) >= 11 is 7.63. The third-order valence-electron chi connectivity index (χ3n) is 7.59. The average Bonchev–Trinajstić information content (AvgIpc) is 3.29. The Hall–Kier alpha value is -2.80. The Kier molecular flexibility index (Phi) is 8.06. The Morgan fingerprint density at radius 2 is 1.88 bits per heavy atom. The van der Waals surface area contributed by atoms with E-state index in [4.69, 9.17) is 11.6 Å². The number of urea groups is 1. The van der Waals surface area contributed by atoms with Crippen LogP contribution in [0.25, 0.3) is 21.5 Å². The van der Waals surface area contributed by atoms with Gasteiger partial charge >= 0.3 is 12.2 Å². The van der Waals surface area contributed by atoms with Gasteiger partial charge in [-0.3, -0.25) is 14.6 Å². The molecule has 0 aliphatic carbocycles. The Morgan fingerprint density at radius 3 is 2.55 bits per heavy atom. The molecule has 4 heterocycles. The molecule has 0 spiro atoms. The summed E-state index contributed by atoms with van der Waals surface area (Å²) in [6.07, 6.45) is -4.15. The number of thiophene rings is 1. The number of nitrogens with one attached hydrogen (secondary N) is 2. The summed E-state index contributed by atoms with van der Waals surface area (Å²) in [5, 5.41) is 6.32. The number of fused-ring (bicyclic) bond motifs is 1. The van der Waals surface area contributed by atoms with E-state index in [-0.39, 0.29) is 13.0 Å². The molecule has 2 aromatic heterocycles. The number of imide groups is 1. The lowest BCUT2D eigenvalue weighted by molar-refractivity contribution is -0.183. The van der Waals surface area contributed by atoms with Crippen LogP contribution < -0.4 is 10.6 Å². The Morgan fingerprint density at radius 1 is 1.15 bits per heavy atom. The molecule has 5 rings (SSSR count). The highest BCUT2D eigenvalue weighted by Gasteiger charge is 2.49. The van der Waals surface area contributed by atoms with Crippen molar-refractivity contribution in [1.29, 1.82) is 0 Å². The van der Waals surface area contributed by atoms with Gasteiger partial charge < -0.3 is 10.6 Å². The van der Waals surface area contributed by atoms with Crippen molar-refractivity contribution in [3.8, 4) is 11.3 Å². The van der Waals surface area contributed by atoms with E-state index in [0.717, 1.165) is 41.1 Å². The predicted molar refractivity (Wildman–Crippen MR) is 148 cm³/mol. The normalized spacial score (nSPS) is 21.6. The summed E-state index contributed by atoms with van der Waals surface area (Å²) in [5.41, 5.74) is 3.93. The number of rotatable bonds is 6. The van der Waals surface area contributed by atoms with Crippen LogP contribution in [0.4, 0.5) is 18.0 Å². The van der Waals surface area contributed by atoms with Crippen LogP contribution in [0.15, 0.2) is 24.5 Å². The number of hydrogen-bond donors (Lipinski definition) is 2. The average molecular weight is 595 g/mol. The molecule has 0 bridgehead atoms. The number of amides is 3. The van der Waals surface area contributed by atoms with Gasteiger partial charge in [-0.1, -0.05) is 11.6 Å². The van der Waals surface area contributed by atoms with Crippen molar-refractivity contribution >= 4 is 45.1 Å².